The summed E-state index contributed by atoms with van der Waals surface area (Å²) in [5.74, 6) is -0.0709. The first-order valence-electron chi connectivity index (χ1n) is 8.12. The van der Waals surface area contributed by atoms with Gasteiger partial charge in [-0.25, -0.2) is 0 Å². The Bertz CT molecular complexity index is 619. The van der Waals surface area contributed by atoms with Gasteiger partial charge in [-0.15, -0.1) is 0 Å². The average molecular weight is 352 g/mol. The highest BCUT2D eigenvalue weighted by Crippen LogP contribution is 2.29. The Hall–Kier alpha value is -2.84. The number of esters is 1. The number of hydrogen-bond donors (Lipinski definition) is 2. The van der Waals surface area contributed by atoms with Crippen molar-refractivity contribution in [2.24, 2.45) is 10.8 Å². The Kier molecular flexibility index (Phi) is 8.77. The van der Waals surface area contributed by atoms with Crippen LogP contribution in [0.2, 0.25) is 0 Å². The lowest BCUT2D eigenvalue weighted by molar-refractivity contribution is -0.384. The number of carbonyl (C=O) groups excluding carboxylic acids is 1. The maximum Gasteiger partial charge on any atom is 0.313 e. The van der Waals surface area contributed by atoms with Crippen molar-refractivity contribution in [3.05, 3.63) is 28.3 Å². The number of benzene rings is 1. The van der Waals surface area contributed by atoms with Gasteiger partial charge in [0.25, 0.3) is 5.69 Å². The summed E-state index contributed by atoms with van der Waals surface area (Å²) < 4.78 is 10.3. The second-order valence-electron chi connectivity index (χ2n) is 5.19. The molecule has 138 valence electrons. The van der Waals surface area contributed by atoms with Gasteiger partial charge in [0.2, 0.25) is 0 Å². The summed E-state index contributed by atoms with van der Waals surface area (Å²) >= 11 is 0. The number of hydrazone groups is 1. The van der Waals surface area contributed by atoms with Crippen molar-refractivity contribution in [1.29, 1.82) is 0 Å². The summed E-state index contributed by atoms with van der Waals surface area (Å²) in [4.78, 5) is 21.9. The molecule has 1 aromatic rings. The number of carbonyl (C=O) groups is 1. The van der Waals surface area contributed by atoms with E-state index >= 15 is 0 Å². The molecular formula is C16H24N4O5. The SMILES string of the molecule is CCCCCOc1ccc([N+](=O)[O-])c(N/N=C(\N)CC(=O)OCC)c1. The minimum absolute atomic E-state index is 0.0398. The highest BCUT2D eigenvalue weighted by Gasteiger charge is 2.15. The van der Waals surface area contributed by atoms with Crippen LogP contribution in [0.25, 0.3) is 0 Å². The molecule has 25 heavy (non-hydrogen) atoms. The third-order valence-corrected chi connectivity index (χ3v) is 3.13. The molecule has 9 heteroatoms. The van der Waals surface area contributed by atoms with E-state index in [1.807, 2.05) is 0 Å². The van der Waals surface area contributed by atoms with Crippen LogP contribution >= 0.6 is 0 Å². The predicted molar refractivity (Wildman–Crippen MR) is 94.6 cm³/mol. The summed E-state index contributed by atoms with van der Waals surface area (Å²) in [6, 6.07) is 4.33. The van der Waals surface area contributed by atoms with E-state index in [9.17, 15) is 14.9 Å². The van der Waals surface area contributed by atoms with E-state index in [2.05, 4.69) is 17.5 Å². The van der Waals surface area contributed by atoms with Crippen LogP contribution in [0, 0.1) is 10.1 Å². The van der Waals surface area contributed by atoms with Crippen molar-refractivity contribution in [1.82, 2.24) is 0 Å². The molecule has 9 nitrogen and oxygen atoms in total. The molecule has 0 bridgehead atoms. The molecule has 0 saturated carbocycles. The van der Waals surface area contributed by atoms with Gasteiger partial charge in [-0.1, -0.05) is 19.8 Å². The van der Waals surface area contributed by atoms with Crippen LogP contribution in [-0.4, -0.2) is 29.9 Å². The normalized spacial score (nSPS) is 11.0. The summed E-state index contributed by atoms with van der Waals surface area (Å²) in [7, 11) is 0. The van der Waals surface area contributed by atoms with Crippen molar-refractivity contribution in [3.8, 4) is 5.75 Å². The molecule has 0 radical (unpaired) electrons. The van der Waals surface area contributed by atoms with Crippen molar-refractivity contribution in [3.63, 3.8) is 0 Å². The predicted octanol–water partition coefficient (Wildman–Crippen LogP) is 2.80. The van der Waals surface area contributed by atoms with Crippen LogP contribution < -0.4 is 15.9 Å². The molecular weight excluding hydrogens is 328 g/mol. The number of ether oxygens (including phenoxy) is 2. The molecule has 0 aliphatic heterocycles. The van der Waals surface area contributed by atoms with Crippen LogP contribution in [0.15, 0.2) is 23.3 Å². The van der Waals surface area contributed by atoms with Crippen LogP contribution in [0.5, 0.6) is 5.75 Å². The second kappa shape index (κ2) is 10.8. The second-order valence-corrected chi connectivity index (χ2v) is 5.19. The Morgan fingerprint density at radius 3 is 2.76 bits per heavy atom. The molecule has 0 spiro atoms. The van der Waals surface area contributed by atoms with Crippen LogP contribution in [-0.2, 0) is 9.53 Å². The van der Waals surface area contributed by atoms with Crippen molar-refractivity contribution < 1.29 is 19.2 Å². The van der Waals surface area contributed by atoms with E-state index in [1.54, 1.807) is 6.92 Å². The number of nitrogens with zero attached hydrogens (tertiary/aromatic N) is 2. The van der Waals surface area contributed by atoms with E-state index in [1.165, 1.54) is 18.2 Å². The number of rotatable bonds is 11. The molecule has 1 rings (SSSR count). The Balaban J connectivity index is 2.80. The smallest absolute Gasteiger partial charge is 0.313 e. The summed E-state index contributed by atoms with van der Waals surface area (Å²) in [5, 5.41) is 14.9. The highest BCUT2D eigenvalue weighted by molar-refractivity contribution is 5.97. The molecule has 1 aromatic carbocycles. The average Bonchev–Trinajstić information content (AvgIpc) is 2.57. The summed E-state index contributed by atoms with van der Waals surface area (Å²) in [6.07, 6.45) is 2.82. The van der Waals surface area contributed by atoms with E-state index in [0.717, 1.165) is 19.3 Å². The Morgan fingerprint density at radius 2 is 2.12 bits per heavy atom. The molecule has 0 amide bonds. The zero-order valence-corrected chi connectivity index (χ0v) is 14.5. The number of nitro groups is 1. The molecule has 0 atom stereocenters. The molecule has 0 unspecified atom stereocenters. The number of hydrogen-bond acceptors (Lipinski definition) is 7. The minimum Gasteiger partial charge on any atom is -0.494 e. The summed E-state index contributed by atoms with van der Waals surface area (Å²) in [5.41, 5.74) is 8.09. The minimum atomic E-state index is -0.541. The van der Waals surface area contributed by atoms with Gasteiger partial charge in [-0.2, -0.15) is 5.10 Å². The first-order valence-corrected chi connectivity index (χ1v) is 8.12. The molecule has 0 aliphatic rings. The lowest BCUT2D eigenvalue weighted by Crippen LogP contribution is -2.20. The van der Waals surface area contributed by atoms with Gasteiger partial charge in [0, 0.05) is 12.1 Å². The number of anilines is 1. The topological polar surface area (TPSA) is 129 Å². The fourth-order valence-electron chi connectivity index (χ4n) is 1.93. The maximum atomic E-state index is 11.3. The first-order chi connectivity index (χ1) is 12.0. The standard InChI is InChI=1S/C16H24N4O5/c1-3-5-6-9-25-12-7-8-14(20(22)23)13(10-12)18-19-15(17)11-16(21)24-4-2/h7-8,10,18H,3-6,9,11H2,1-2H3,(H2,17,19). The monoisotopic (exact) mass is 352 g/mol. The largest absolute Gasteiger partial charge is 0.494 e. The Morgan fingerprint density at radius 1 is 1.36 bits per heavy atom. The quantitative estimate of drug-likeness (QED) is 0.156. The van der Waals surface area contributed by atoms with E-state index in [4.69, 9.17) is 15.2 Å². The van der Waals surface area contributed by atoms with Gasteiger partial charge in [-0.3, -0.25) is 20.3 Å². The lowest BCUT2D eigenvalue weighted by Gasteiger charge is -2.09. The van der Waals surface area contributed by atoms with Gasteiger partial charge in [0.15, 0.2) is 0 Å². The number of nitrogens with two attached hydrogens (primary N) is 1. The first kappa shape index (κ1) is 20.2. The zero-order chi connectivity index (χ0) is 18.7. The third kappa shape index (κ3) is 7.51. The fraction of sp³-hybridized carbons (Fsp3) is 0.500. The van der Waals surface area contributed by atoms with Gasteiger partial charge in [0.1, 0.15) is 23.7 Å². The lowest BCUT2D eigenvalue weighted by atomic mass is 10.2. The van der Waals surface area contributed by atoms with Crippen molar-refractivity contribution in [2.75, 3.05) is 18.6 Å². The van der Waals surface area contributed by atoms with Crippen LogP contribution in [0.3, 0.4) is 0 Å². The Labute approximate surface area is 146 Å². The number of nitro benzene ring substituents is 1. The molecule has 0 saturated heterocycles. The molecule has 0 fully saturated rings. The van der Waals surface area contributed by atoms with E-state index in [-0.39, 0.29) is 30.2 Å². The number of nitrogens with one attached hydrogen (secondary N) is 1. The molecule has 0 heterocycles. The van der Waals surface area contributed by atoms with Crippen molar-refractivity contribution in [2.45, 2.75) is 39.5 Å². The van der Waals surface area contributed by atoms with Gasteiger partial charge >= 0.3 is 5.97 Å². The molecule has 3 N–H and O–H groups in total. The summed E-state index contributed by atoms with van der Waals surface area (Å²) in [6.45, 7) is 4.53. The van der Waals surface area contributed by atoms with Crippen LogP contribution in [0.1, 0.15) is 39.5 Å². The van der Waals surface area contributed by atoms with Crippen LogP contribution in [0.4, 0.5) is 11.4 Å². The number of unbranched alkanes of at least 4 members (excludes halogenated alkanes) is 2. The van der Waals surface area contributed by atoms with Gasteiger partial charge in [0.05, 0.1) is 18.1 Å². The maximum absolute atomic E-state index is 11.3. The number of amidine groups is 1. The molecule has 0 aliphatic carbocycles. The van der Waals surface area contributed by atoms with Gasteiger partial charge < -0.3 is 15.2 Å². The van der Waals surface area contributed by atoms with E-state index < -0.39 is 10.9 Å². The highest BCUT2D eigenvalue weighted by atomic mass is 16.6. The molecule has 0 aromatic heterocycles. The third-order valence-electron chi connectivity index (χ3n) is 3.13. The van der Waals surface area contributed by atoms with E-state index in [0.29, 0.717) is 12.4 Å². The fourth-order valence-corrected chi connectivity index (χ4v) is 1.93. The van der Waals surface area contributed by atoms with Gasteiger partial charge in [-0.05, 0) is 19.4 Å². The van der Waals surface area contributed by atoms with Crippen molar-refractivity contribution >= 4 is 23.2 Å². The zero-order valence-electron chi connectivity index (χ0n) is 14.5.